The second kappa shape index (κ2) is 10.2. The van der Waals surface area contributed by atoms with Crippen LogP contribution in [0.25, 0.3) is 6.08 Å². The van der Waals surface area contributed by atoms with Gasteiger partial charge in [0.15, 0.2) is 5.76 Å². The van der Waals surface area contributed by atoms with Crippen LogP contribution in [0.5, 0.6) is 0 Å². The average Bonchev–Trinajstić information content (AvgIpc) is 3.17. The minimum atomic E-state index is -0.546. The molecule has 0 radical (unpaired) electrons. The van der Waals surface area contributed by atoms with Crippen molar-refractivity contribution in [3.8, 4) is 0 Å². The number of furan rings is 1. The van der Waals surface area contributed by atoms with Gasteiger partial charge in [-0.15, -0.1) is 0 Å². The van der Waals surface area contributed by atoms with Gasteiger partial charge in [-0.05, 0) is 42.3 Å². The van der Waals surface area contributed by atoms with Gasteiger partial charge in [-0.1, -0.05) is 23.7 Å². The molecule has 0 bridgehead atoms. The summed E-state index contributed by atoms with van der Waals surface area (Å²) in [6.45, 7) is 1.79. The van der Waals surface area contributed by atoms with Gasteiger partial charge < -0.3 is 19.8 Å². The Labute approximate surface area is 161 Å². The zero-order chi connectivity index (χ0) is 19.6. The highest BCUT2D eigenvalue weighted by Gasteiger charge is 2.16. The highest BCUT2D eigenvalue weighted by atomic mass is 35.5. The van der Waals surface area contributed by atoms with E-state index < -0.39 is 11.8 Å². The molecule has 1 aromatic carbocycles. The van der Waals surface area contributed by atoms with Crippen molar-refractivity contribution in [2.45, 2.75) is 13.3 Å². The first-order valence-electron chi connectivity index (χ1n) is 8.19. The van der Waals surface area contributed by atoms with E-state index in [2.05, 4.69) is 10.6 Å². The highest BCUT2D eigenvalue weighted by molar-refractivity contribution is 6.30. The fraction of sp³-hybridized carbons (Fsp3) is 0.211. The van der Waals surface area contributed by atoms with E-state index in [1.807, 2.05) is 0 Å². The van der Waals surface area contributed by atoms with Gasteiger partial charge in [-0.3, -0.25) is 14.4 Å². The fourth-order valence-electron chi connectivity index (χ4n) is 2.06. The molecule has 0 saturated heterocycles. The molecule has 0 saturated carbocycles. The van der Waals surface area contributed by atoms with Crippen molar-refractivity contribution in [3.05, 3.63) is 64.7 Å². The summed E-state index contributed by atoms with van der Waals surface area (Å²) in [7, 11) is 0. The Morgan fingerprint density at radius 3 is 2.56 bits per heavy atom. The van der Waals surface area contributed by atoms with Crippen LogP contribution in [0.2, 0.25) is 5.02 Å². The van der Waals surface area contributed by atoms with Crippen molar-refractivity contribution >= 4 is 35.5 Å². The standard InChI is InChI=1S/C19H19ClN2O5/c1-13(23)26-11-3-9-21-18(24)16(12-14-5-7-15(20)8-6-14)22-19(25)17-4-2-10-27-17/h2,4-8,10,12H,3,9,11H2,1H3,(H,21,24)(H,22,25)/b16-12-. The van der Waals surface area contributed by atoms with Gasteiger partial charge in [0.05, 0.1) is 12.9 Å². The quantitative estimate of drug-likeness (QED) is 0.410. The van der Waals surface area contributed by atoms with Crippen molar-refractivity contribution in [3.63, 3.8) is 0 Å². The largest absolute Gasteiger partial charge is 0.466 e. The number of carbonyl (C=O) groups is 3. The van der Waals surface area contributed by atoms with E-state index in [4.69, 9.17) is 20.8 Å². The molecule has 0 aliphatic heterocycles. The number of rotatable bonds is 8. The third-order valence-electron chi connectivity index (χ3n) is 3.33. The molecule has 0 atom stereocenters. The molecule has 7 nitrogen and oxygen atoms in total. The second-order valence-electron chi connectivity index (χ2n) is 5.49. The number of esters is 1. The Morgan fingerprint density at radius 2 is 1.93 bits per heavy atom. The van der Waals surface area contributed by atoms with Crippen LogP contribution in [-0.4, -0.2) is 30.9 Å². The van der Waals surface area contributed by atoms with Crippen LogP contribution in [-0.2, 0) is 14.3 Å². The Morgan fingerprint density at radius 1 is 1.19 bits per heavy atom. The van der Waals surface area contributed by atoms with Gasteiger partial charge in [-0.2, -0.15) is 0 Å². The molecule has 1 aromatic heterocycles. The topological polar surface area (TPSA) is 97.6 Å². The molecule has 2 aromatic rings. The molecule has 0 unspecified atom stereocenters. The summed E-state index contributed by atoms with van der Waals surface area (Å²) in [4.78, 5) is 35.4. The van der Waals surface area contributed by atoms with Crippen molar-refractivity contribution in [2.24, 2.45) is 0 Å². The van der Waals surface area contributed by atoms with Gasteiger partial charge in [0.1, 0.15) is 5.70 Å². The molecule has 2 rings (SSSR count). The van der Waals surface area contributed by atoms with Gasteiger partial charge >= 0.3 is 5.97 Å². The maximum atomic E-state index is 12.5. The molecule has 0 spiro atoms. The Hall–Kier alpha value is -3.06. The van der Waals surface area contributed by atoms with E-state index in [1.165, 1.54) is 25.3 Å². The van der Waals surface area contributed by atoms with Gasteiger partial charge in [0, 0.05) is 18.5 Å². The monoisotopic (exact) mass is 390 g/mol. The van der Waals surface area contributed by atoms with Crippen LogP contribution in [0.1, 0.15) is 29.5 Å². The van der Waals surface area contributed by atoms with E-state index in [-0.39, 0.29) is 30.6 Å². The number of hydrogen-bond donors (Lipinski definition) is 2. The highest BCUT2D eigenvalue weighted by Crippen LogP contribution is 2.12. The minimum absolute atomic E-state index is 0.0474. The maximum absolute atomic E-state index is 12.5. The molecule has 8 heteroatoms. The molecule has 2 N–H and O–H groups in total. The van der Waals surface area contributed by atoms with Crippen LogP contribution < -0.4 is 10.6 Å². The first kappa shape index (κ1) is 20.3. The molecule has 27 heavy (non-hydrogen) atoms. The van der Waals surface area contributed by atoms with Crippen LogP contribution >= 0.6 is 11.6 Å². The Kier molecular flexibility index (Phi) is 7.63. The van der Waals surface area contributed by atoms with Crippen LogP contribution in [0.3, 0.4) is 0 Å². The summed E-state index contributed by atoms with van der Waals surface area (Å²) < 4.78 is 9.85. The van der Waals surface area contributed by atoms with E-state index in [1.54, 1.807) is 30.3 Å². The summed E-state index contributed by atoms with van der Waals surface area (Å²) >= 11 is 5.87. The lowest BCUT2D eigenvalue weighted by Crippen LogP contribution is -2.35. The zero-order valence-corrected chi connectivity index (χ0v) is 15.4. The number of ether oxygens (including phenoxy) is 1. The summed E-state index contributed by atoms with van der Waals surface area (Å²) in [5.74, 6) is -1.32. The lowest BCUT2D eigenvalue weighted by molar-refractivity contribution is -0.140. The first-order valence-corrected chi connectivity index (χ1v) is 8.57. The van der Waals surface area contributed by atoms with Crippen molar-refractivity contribution < 1.29 is 23.5 Å². The molecular weight excluding hydrogens is 372 g/mol. The number of benzene rings is 1. The second-order valence-corrected chi connectivity index (χ2v) is 5.93. The summed E-state index contributed by atoms with van der Waals surface area (Å²) in [5.41, 5.74) is 0.732. The van der Waals surface area contributed by atoms with Gasteiger partial charge in [-0.25, -0.2) is 0 Å². The van der Waals surface area contributed by atoms with E-state index >= 15 is 0 Å². The lowest BCUT2D eigenvalue weighted by Gasteiger charge is -2.10. The van der Waals surface area contributed by atoms with Crippen LogP contribution in [0, 0.1) is 0 Å². The molecule has 1 heterocycles. The fourth-order valence-corrected chi connectivity index (χ4v) is 2.19. The van der Waals surface area contributed by atoms with E-state index in [0.29, 0.717) is 17.0 Å². The maximum Gasteiger partial charge on any atom is 0.302 e. The third-order valence-corrected chi connectivity index (χ3v) is 3.58. The smallest absolute Gasteiger partial charge is 0.302 e. The molecular formula is C19H19ClN2O5. The number of hydrogen-bond acceptors (Lipinski definition) is 5. The van der Waals surface area contributed by atoms with Crippen LogP contribution in [0.4, 0.5) is 0 Å². The number of carbonyl (C=O) groups excluding carboxylic acids is 3. The predicted molar refractivity (Wildman–Crippen MR) is 99.9 cm³/mol. The summed E-state index contributed by atoms with van der Waals surface area (Å²) in [6.07, 6.45) is 3.34. The molecule has 0 fully saturated rings. The molecule has 2 amide bonds. The summed E-state index contributed by atoms with van der Waals surface area (Å²) in [5, 5.41) is 5.77. The van der Waals surface area contributed by atoms with Crippen molar-refractivity contribution in [1.82, 2.24) is 10.6 Å². The number of amides is 2. The number of halogens is 1. The third kappa shape index (κ3) is 6.99. The minimum Gasteiger partial charge on any atom is -0.466 e. The van der Waals surface area contributed by atoms with Crippen molar-refractivity contribution in [1.29, 1.82) is 0 Å². The van der Waals surface area contributed by atoms with Crippen LogP contribution in [0.15, 0.2) is 52.8 Å². The van der Waals surface area contributed by atoms with Gasteiger partial charge in [0.25, 0.3) is 11.8 Å². The zero-order valence-electron chi connectivity index (χ0n) is 14.7. The Bertz CT molecular complexity index is 813. The summed E-state index contributed by atoms with van der Waals surface area (Å²) in [6, 6.07) is 9.86. The molecule has 0 aliphatic rings. The van der Waals surface area contributed by atoms with Crippen molar-refractivity contribution in [2.75, 3.05) is 13.2 Å². The predicted octanol–water partition coefficient (Wildman–Crippen LogP) is 2.77. The average molecular weight is 391 g/mol. The normalized spacial score (nSPS) is 11.0. The number of nitrogens with one attached hydrogen (secondary N) is 2. The molecule has 142 valence electrons. The van der Waals surface area contributed by atoms with Gasteiger partial charge in [0.2, 0.25) is 0 Å². The Balaban J connectivity index is 2.06. The SMILES string of the molecule is CC(=O)OCCCNC(=O)/C(=C/c1ccc(Cl)cc1)NC(=O)c1ccco1. The molecule has 0 aliphatic carbocycles. The first-order chi connectivity index (χ1) is 13.0. The van der Waals surface area contributed by atoms with E-state index in [9.17, 15) is 14.4 Å². The van der Waals surface area contributed by atoms with E-state index in [0.717, 1.165) is 0 Å². The lowest BCUT2D eigenvalue weighted by atomic mass is 10.2.